The van der Waals surface area contributed by atoms with E-state index in [-0.39, 0.29) is 11.7 Å². The summed E-state index contributed by atoms with van der Waals surface area (Å²) in [5.74, 6) is -4.00. The molecule has 1 atom stereocenters. The van der Waals surface area contributed by atoms with Crippen molar-refractivity contribution < 1.29 is 28.2 Å². The lowest BCUT2D eigenvalue weighted by Crippen LogP contribution is -2.38. The van der Waals surface area contributed by atoms with E-state index in [1.807, 2.05) is 0 Å². The van der Waals surface area contributed by atoms with Gasteiger partial charge in [-0.15, -0.1) is 0 Å². The standard InChI is InChI=1S/C12H12F2N2O4/c13-8-3-7(11(17)18)10(4-9(8)14)16-12(19)15-6-1-2-20-5-6/h3-4,6H,1-2,5H2,(H,17,18)(H2,15,16,19). The lowest BCUT2D eigenvalue weighted by atomic mass is 10.1. The van der Waals surface area contributed by atoms with E-state index >= 15 is 0 Å². The van der Waals surface area contributed by atoms with Crippen molar-refractivity contribution in [1.29, 1.82) is 0 Å². The van der Waals surface area contributed by atoms with Gasteiger partial charge in [0.05, 0.1) is 23.9 Å². The molecule has 0 aliphatic carbocycles. The monoisotopic (exact) mass is 286 g/mol. The van der Waals surface area contributed by atoms with Crippen LogP contribution in [0, 0.1) is 11.6 Å². The SMILES string of the molecule is O=C(Nc1cc(F)c(F)cc1C(=O)O)NC1CCOC1. The fraction of sp³-hybridized carbons (Fsp3) is 0.333. The number of carboxylic acids is 1. The number of aromatic carboxylic acids is 1. The van der Waals surface area contributed by atoms with Gasteiger partial charge in [-0.1, -0.05) is 0 Å². The molecule has 0 spiro atoms. The molecule has 2 amide bonds. The Bertz CT molecular complexity index is 545. The van der Waals surface area contributed by atoms with Gasteiger partial charge in [0.2, 0.25) is 0 Å². The number of rotatable bonds is 3. The number of benzene rings is 1. The van der Waals surface area contributed by atoms with Crippen LogP contribution in [0.3, 0.4) is 0 Å². The highest BCUT2D eigenvalue weighted by atomic mass is 19.2. The second kappa shape index (κ2) is 5.83. The molecular formula is C12H12F2N2O4. The summed E-state index contributed by atoms with van der Waals surface area (Å²) in [6.07, 6.45) is 0.636. The van der Waals surface area contributed by atoms with Gasteiger partial charge in [0.15, 0.2) is 11.6 Å². The molecule has 20 heavy (non-hydrogen) atoms. The van der Waals surface area contributed by atoms with E-state index < -0.39 is 29.2 Å². The van der Waals surface area contributed by atoms with Crippen LogP contribution < -0.4 is 10.6 Å². The number of carboxylic acid groups (broad SMARTS) is 1. The summed E-state index contributed by atoms with van der Waals surface area (Å²) >= 11 is 0. The Morgan fingerprint density at radius 2 is 2.00 bits per heavy atom. The summed E-state index contributed by atoms with van der Waals surface area (Å²) in [6, 6.07) is 0.262. The summed E-state index contributed by atoms with van der Waals surface area (Å²) in [5, 5.41) is 13.6. The summed E-state index contributed by atoms with van der Waals surface area (Å²) < 4.78 is 31.2. The number of carbonyl (C=O) groups excluding carboxylic acids is 1. The van der Waals surface area contributed by atoms with Crippen molar-refractivity contribution in [2.75, 3.05) is 18.5 Å². The zero-order chi connectivity index (χ0) is 14.7. The maximum atomic E-state index is 13.1. The van der Waals surface area contributed by atoms with Crippen LogP contribution in [0.2, 0.25) is 0 Å². The number of ether oxygens (including phenoxy) is 1. The third-order valence-corrected chi connectivity index (χ3v) is 2.80. The molecule has 1 fully saturated rings. The van der Waals surface area contributed by atoms with Gasteiger partial charge in [-0.3, -0.25) is 0 Å². The number of hydrogen-bond donors (Lipinski definition) is 3. The van der Waals surface area contributed by atoms with Crippen molar-refractivity contribution in [3.8, 4) is 0 Å². The second-order valence-corrected chi connectivity index (χ2v) is 4.28. The van der Waals surface area contributed by atoms with Gasteiger partial charge in [-0.05, 0) is 12.5 Å². The Kier molecular flexibility index (Phi) is 4.14. The van der Waals surface area contributed by atoms with Gasteiger partial charge in [-0.25, -0.2) is 18.4 Å². The molecule has 1 heterocycles. The molecule has 108 valence electrons. The Hall–Kier alpha value is -2.22. The molecule has 6 nitrogen and oxygen atoms in total. The molecule has 8 heteroatoms. The van der Waals surface area contributed by atoms with E-state index in [1.165, 1.54) is 0 Å². The topological polar surface area (TPSA) is 87.7 Å². The molecule has 3 N–H and O–H groups in total. The van der Waals surface area contributed by atoms with Crippen LogP contribution in [0.4, 0.5) is 19.3 Å². The summed E-state index contributed by atoms with van der Waals surface area (Å²) in [6.45, 7) is 0.882. The van der Waals surface area contributed by atoms with E-state index in [9.17, 15) is 18.4 Å². The van der Waals surface area contributed by atoms with E-state index in [0.717, 1.165) is 0 Å². The van der Waals surface area contributed by atoms with Crippen molar-refractivity contribution in [1.82, 2.24) is 5.32 Å². The predicted octanol–water partition coefficient (Wildman–Crippen LogP) is 1.57. The highest BCUT2D eigenvalue weighted by Crippen LogP contribution is 2.20. The van der Waals surface area contributed by atoms with Gasteiger partial charge in [0.25, 0.3) is 0 Å². The Labute approximate surface area is 112 Å². The molecular weight excluding hydrogens is 274 g/mol. The first kappa shape index (κ1) is 14.2. The molecule has 1 aliphatic rings. The Morgan fingerprint density at radius 1 is 1.30 bits per heavy atom. The van der Waals surface area contributed by atoms with Gasteiger partial charge in [0.1, 0.15) is 0 Å². The van der Waals surface area contributed by atoms with Crippen LogP contribution in [0.5, 0.6) is 0 Å². The maximum Gasteiger partial charge on any atom is 0.337 e. The molecule has 0 radical (unpaired) electrons. The fourth-order valence-electron chi connectivity index (χ4n) is 1.82. The first-order chi connectivity index (χ1) is 9.47. The number of halogens is 2. The minimum atomic E-state index is -1.47. The number of carbonyl (C=O) groups is 2. The average Bonchev–Trinajstić information content (AvgIpc) is 2.85. The minimum absolute atomic E-state index is 0.187. The van der Waals surface area contributed by atoms with E-state index in [0.29, 0.717) is 31.8 Å². The van der Waals surface area contributed by atoms with Crippen molar-refractivity contribution in [3.05, 3.63) is 29.3 Å². The summed E-state index contributed by atoms with van der Waals surface area (Å²) in [5.41, 5.74) is -0.838. The van der Waals surface area contributed by atoms with Crippen molar-refractivity contribution >= 4 is 17.7 Å². The smallest absolute Gasteiger partial charge is 0.337 e. The van der Waals surface area contributed by atoms with Gasteiger partial charge < -0.3 is 20.5 Å². The van der Waals surface area contributed by atoms with E-state index in [4.69, 9.17) is 9.84 Å². The van der Waals surface area contributed by atoms with Crippen molar-refractivity contribution in [2.45, 2.75) is 12.5 Å². The van der Waals surface area contributed by atoms with Crippen LogP contribution >= 0.6 is 0 Å². The molecule has 1 saturated heterocycles. The van der Waals surface area contributed by atoms with E-state index in [2.05, 4.69) is 10.6 Å². The van der Waals surface area contributed by atoms with Crippen molar-refractivity contribution in [2.24, 2.45) is 0 Å². The fourth-order valence-corrected chi connectivity index (χ4v) is 1.82. The van der Waals surface area contributed by atoms with Crippen molar-refractivity contribution in [3.63, 3.8) is 0 Å². The average molecular weight is 286 g/mol. The lowest BCUT2D eigenvalue weighted by Gasteiger charge is -2.13. The normalized spacial score (nSPS) is 17.8. The maximum absolute atomic E-state index is 13.1. The van der Waals surface area contributed by atoms with Crippen LogP contribution in [0.1, 0.15) is 16.8 Å². The van der Waals surface area contributed by atoms with Gasteiger partial charge >= 0.3 is 12.0 Å². The molecule has 0 saturated carbocycles. The molecule has 1 aromatic rings. The van der Waals surface area contributed by atoms with Crippen LogP contribution in [0.15, 0.2) is 12.1 Å². The number of hydrogen-bond acceptors (Lipinski definition) is 3. The molecule has 1 unspecified atom stereocenters. The second-order valence-electron chi connectivity index (χ2n) is 4.28. The van der Waals surface area contributed by atoms with E-state index in [1.54, 1.807) is 0 Å². The number of nitrogens with one attached hydrogen (secondary N) is 2. The van der Waals surface area contributed by atoms with Crippen LogP contribution in [-0.2, 0) is 4.74 Å². The largest absolute Gasteiger partial charge is 0.478 e. The Balaban J connectivity index is 2.13. The quantitative estimate of drug-likeness (QED) is 0.787. The molecule has 2 rings (SSSR count). The first-order valence-corrected chi connectivity index (χ1v) is 5.85. The van der Waals surface area contributed by atoms with Gasteiger partial charge in [0, 0.05) is 12.7 Å². The van der Waals surface area contributed by atoms with Crippen LogP contribution in [0.25, 0.3) is 0 Å². The zero-order valence-corrected chi connectivity index (χ0v) is 10.3. The minimum Gasteiger partial charge on any atom is -0.478 e. The van der Waals surface area contributed by atoms with Gasteiger partial charge in [-0.2, -0.15) is 0 Å². The number of amides is 2. The van der Waals surface area contributed by atoms with Crippen LogP contribution in [-0.4, -0.2) is 36.4 Å². The third-order valence-electron chi connectivity index (χ3n) is 2.80. The number of urea groups is 1. The first-order valence-electron chi connectivity index (χ1n) is 5.85. The predicted molar refractivity (Wildman–Crippen MR) is 64.7 cm³/mol. The lowest BCUT2D eigenvalue weighted by molar-refractivity contribution is 0.0697. The molecule has 0 bridgehead atoms. The zero-order valence-electron chi connectivity index (χ0n) is 10.3. The Morgan fingerprint density at radius 3 is 2.60 bits per heavy atom. The number of anilines is 1. The molecule has 1 aromatic carbocycles. The third kappa shape index (κ3) is 3.21. The summed E-state index contributed by atoms with van der Waals surface area (Å²) in [7, 11) is 0. The molecule has 0 aromatic heterocycles. The highest BCUT2D eigenvalue weighted by Gasteiger charge is 2.20. The molecule has 1 aliphatic heterocycles. The summed E-state index contributed by atoms with van der Waals surface area (Å²) in [4.78, 5) is 22.6. The highest BCUT2D eigenvalue weighted by molar-refractivity contribution is 6.00.